The van der Waals surface area contributed by atoms with Gasteiger partial charge in [-0.3, -0.25) is 9.59 Å². The zero-order valence-corrected chi connectivity index (χ0v) is 18.7. The summed E-state index contributed by atoms with van der Waals surface area (Å²) in [5.74, 6) is 0.978. The summed E-state index contributed by atoms with van der Waals surface area (Å²) in [4.78, 5) is 26.0. The molecule has 0 radical (unpaired) electrons. The maximum atomic E-state index is 11.8. The quantitative estimate of drug-likeness (QED) is 0.213. The van der Waals surface area contributed by atoms with Crippen molar-refractivity contribution in [3.05, 3.63) is 0 Å². The largest absolute Gasteiger partial charge is 0.466 e. The predicted octanol–water partition coefficient (Wildman–Crippen LogP) is 5.92. The van der Waals surface area contributed by atoms with Crippen LogP contribution in [-0.4, -0.2) is 42.9 Å². The minimum Gasteiger partial charge on any atom is -0.466 e. The van der Waals surface area contributed by atoms with Crippen molar-refractivity contribution in [1.82, 2.24) is 4.90 Å². The van der Waals surface area contributed by atoms with Crippen LogP contribution in [0.2, 0.25) is 0 Å². The summed E-state index contributed by atoms with van der Waals surface area (Å²) in [6, 6.07) is 0. The fourth-order valence-electron chi connectivity index (χ4n) is 4.08. The minimum absolute atomic E-state index is 0.0262. The number of carbonyl (C=O) groups is 2. The van der Waals surface area contributed by atoms with Crippen molar-refractivity contribution in [2.45, 2.75) is 110 Å². The first kappa shape index (κ1) is 25.1. The smallest absolute Gasteiger partial charge is 0.305 e. The number of carbonyl (C=O) groups excluding carboxylic acids is 2. The van der Waals surface area contributed by atoms with Gasteiger partial charge in [-0.2, -0.15) is 0 Å². The molecular formula is C24H45NO3. The minimum atomic E-state index is -0.0262. The molecule has 0 bridgehead atoms. The Morgan fingerprint density at radius 3 is 2.32 bits per heavy atom. The average molecular weight is 396 g/mol. The second kappa shape index (κ2) is 17.0. The van der Waals surface area contributed by atoms with Crippen molar-refractivity contribution in [3.8, 4) is 0 Å². The lowest BCUT2D eigenvalue weighted by molar-refractivity contribution is -0.143. The maximum Gasteiger partial charge on any atom is 0.305 e. The van der Waals surface area contributed by atoms with E-state index in [0.29, 0.717) is 24.7 Å². The Morgan fingerprint density at radius 1 is 0.857 bits per heavy atom. The topological polar surface area (TPSA) is 46.6 Å². The van der Waals surface area contributed by atoms with Crippen molar-refractivity contribution in [2.75, 3.05) is 26.2 Å². The molecule has 1 heterocycles. The van der Waals surface area contributed by atoms with Gasteiger partial charge < -0.3 is 9.64 Å². The van der Waals surface area contributed by atoms with Gasteiger partial charge in [0.15, 0.2) is 0 Å². The number of unbranched alkanes of at least 4 members (excludes halogenated alkanes) is 8. The van der Waals surface area contributed by atoms with E-state index in [0.717, 1.165) is 64.6 Å². The number of ketones is 1. The molecule has 0 aliphatic carbocycles. The summed E-state index contributed by atoms with van der Waals surface area (Å²) >= 11 is 0. The molecule has 1 aliphatic rings. The monoisotopic (exact) mass is 395 g/mol. The number of likely N-dealkylation sites (tertiary alicyclic amines) is 1. The van der Waals surface area contributed by atoms with Crippen molar-refractivity contribution in [3.63, 3.8) is 0 Å². The van der Waals surface area contributed by atoms with E-state index in [2.05, 4.69) is 18.7 Å². The van der Waals surface area contributed by atoms with Gasteiger partial charge in [-0.05, 0) is 51.1 Å². The van der Waals surface area contributed by atoms with Crippen LogP contribution in [0.1, 0.15) is 110 Å². The van der Waals surface area contributed by atoms with E-state index in [1.807, 2.05) is 0 Å². The van der Waals surface area contributed by atoms with Crippen LogP contribution < -0.4 is 0 Å². The third-order valence-corrected chi connectivity index (χ3v) is 5.78. The Hall–Kier alpha value is -0.900. The van der Waals surface area contributed by atoms with Crippen LogP contribution in [0.15, 0.2) is 0 Å². The summed E-state index contributed by atoms with van der Waals surface area (Å²) in [7, 11) is 0. The van der Waals surface area contributed by atoms with Crippen LogP contribution in [0.5, 0.6) is 0 Å². The van der Waals surface area contributed by atoms with Gasteiger partial charge in [0, 0.05) is 25.8 Å². The molecule has 1 unspecified atom stereocenters. The lowest BCUT2D eigenvalue weighted by Gasteiger charge is -2.15. The molecule has 1 fully saturated rings. The highest BCUT2D eigenvalue weighted by Crippen LogP contribution is 2.21. The molecule has 1 saturated heterocycles. The first-order chi connectivity index (χ1) is 13.7. The fourth-order valence-corrected chi connectivity index (χ4v) is 4.08. The molecular weight excluding hydrogens is 350 g/mol. The predicted molar refractivity (Wildman–Crippen MR) is 116 cm³/mol. The molecule has 164 valence electrons. The molecule has 0 spiro atoms. The molecule has 28 heavy (non-hydrogen) atoms. The Morgan fingerprint density at radius 2 is 1.57 bits per heavy atom. The van der Waals surface area contributed by atoms with E-state index in [-0.39, 0.29) is 5.97 Å². The molecule has 0 N–H and O–H groups in total. The first-order valence-corrected chi connectivity index (χ1v) is 12.0. The summed E-state index contributed by atoms with van der Waals surface area (Å²) in [5, 5.41) is 0. The number of hydrogen-bond acceptors (Lipinski definition) is 4. The van der Waals surface area contributed by atoms with Gasteiger partial charge in [-0.25, -0.2) is 0 Å². The third-order valence-electron chi connectivity index (χ3n) is 5.78. The first-order valence-electron chi connectivity index (χ1n) is 12.0. The van der Waals surface area contributed by atoms with E-state index in [4.69, 9.17) is 4.74 Å². The summed E-state index contributed by atoms with van der Waals surface area (Å²) in [6.07, 6.45) is 16.1. The van der Waals surface area contributed by atoms with E-state index >= 15 is 0 Å². The number of rotatable bonds is 18. The second-order valence-corrected chi connectivity index (χ2v) is 8.60. The van der Waals surface area contributed by atoms with E-state index < -0.39 is 0 Å². The molecule has 1 rings (SSSR count). The Balaban J connectivity index is 1.89. The van der Waals surface area contributed by atoms with Crippen LogP contribution in [0.4, 0.5) is 0 Å². The molecule has 0 aromatic carbocycles. The lowest BCUT2D eigenvalue weighted by atomic mass is 10.00. The molecule has 4 heteroatoms. The standard InChI is InChI=1S/C24H45NO3/c1-3-5-6-7-8-9-13-19-28-24(27)15-11-10-12-17-25-18-16-22(21-25)20-23(26)14-4-2/h22H,3-21H2,1-2H3. The highest BCUT2D eigenvalue weighted by atomic mass is 16.5. The Bertz CT molecular complexity index is 411. The number of hydrogen-bond donors (Lipinski definition) is 0. The number of Topliss-reactive ketones (excluding diaryl/α,β-unsaturated/α-hetero) is 1. The third kappa shape index (κ3) is 13.3. The van der Waals surface area contributed by atoms with E-state index in [1.165, 1.54) is 44.9 Å². The SMILES string of the molecule is CCCCCCCCCOC(=O)CCCCCN1CCC(CC(=O)CCC)C1. The van der Waals surface area contributed by atoms with Gasteiger partial charge in [0.25, 0.3) is 0 Å². The molecule has 1 aliphatic heterocycles. The number of nitrogens with zero attached hydrogens (tertiary/aromatic N) is 1. The van der Waals surface area contributed by atoms with Crippen LogP contribution in [0.3, 0.4) is 0 Å². The van der Waals surface area contributed by atoms with Gasteiger partial charge in [-0.1, -0.05) is 58.8 Å². The molecule has 4 nitrogen and oxygen atoms in total. The highest BCUT2D eigenvalue weighted by molar-refractivity contribution is 5.78. The van der Waals surface area contributed by atoms with Crippen molar-refractivity contribution < 1.29 is 14.3 Å². The highest BCUT2D eigenvalue weighted by Gasteiger charge is 2.23. The van der Waals surface area contributed by atoms with E-state index in [1.54, 1.807) is 0 Å². The maximum absolute atomic E-state index is 11.8. The van der Waals surface area contributed by atoms with Crippen molar-refractivity contribution in [2.24, 2.45) is 5.92 Å². The number of ether oxygens (including phenoxy) is 1. The molecule has 0 aromatic rings. The lowest BCUT2D eigenvalue weighted by Crippen LogP contribution is -2.22. The van der Waals surface area contributed by atoms with Gasteiger partial charge in [0.2, 0.25) is 0 Å². The Kier molecular flexibility index (Phi) is 15.3. The second-order valence-electron chi connectivity index (χ2n) is 8.60. The van der Waals surface area contributed by atoms with Crippen molar-refractivity contribution in [1.29, 1.82) is 0 Å². The Labute approximate surface area is 173 Å². The van der Waals surface area contributed by atoms with Gasteiger partial charge in [0.1, 0.15) is 5.78 Å². The summed E-state index contributed by atoms with van der Waals surface area (Å²) in [6.45, 7) is 8.22. The average Bonchev–Trinajstić information content (AvgIpc) is 3.11. The van der Waals surface area contributed by atoms with Gasteiger partial charge in [-0.15, -0.1) is 0 Å². The van der Waals surface area contributed by atoms with Gasteiger partial charge in [0.05, 0.1) is 6.61 Å². The van der Waals surface area contributed by atoms with Crippen LogP contribution in [0.25, 0.3) is 0 Å². The molecule has 0 saturated carbocycles. The normalized spacial score (nSPS) is 17.1. The van der Waals surface area contributed by atoms with Crippen molar-refractivity contribution >= 4 is 11.8 Å². The zero-order chi connectivity index (χ0) is 20.5. The number of esters is 1. The molecule has 0 aromatic heterocycles. The zero-order valence-electron chi connectivity index (χ0n) is 18.7. The van der Waals surface area contributed by atoms with E-state index in [9.17, 15) is 9.59 Å². The summed E-state index contributed by atoms with van der Waals surface area (Å²) < 4.78 is 5.34. The van der Waals surface area contributed by atoms with Gasteiger partial charge >= 0.3 is 5.97 Å². The molecule has 0 amide bonds. The van der Waals surface area contributed by atoms with Crippen LogP contribution >= 0.6 is 0 Å². The van der Waals surface area contributed by atoms with Crippen LogP contribution in [0, 0.1) is 5.92 Å². The van der Waals surface area contributed by atoms with Crippen LogP contribution in [-0.2, 0) is 14.3 Å². The molecule has 1 atom stereocenters. The summed E-state index contributed by atoms with van der Waals surface area (Å²) in [5.41, 5.74) is 0. The fraction of sp³-hybridized carbons (Fsp3) is 0.917.